The Balaban J connectivity index is 1.75. The second-order valence-electron chi connectivity index (χ2n) is 12.3. The van der Waals surface area contributed by atoms with Crippen molar-refractivity contribution < 1.29 is 27.9 Å². The number of amides is 1. The molecular weight excluding hydrogens is 597 g/mol. The molecule has 2 aromatic heterocycles. The summed E-state index contributed by atoms with van der Waals surface area (Å²) in [6.45, 7) is 9.48. The first-order valence-electron chi connectivity index (χ1n) is 15.3. The van der Waals surface area contributed by atoms with Crippen molar-refractivity contribution in [3.8, 4) is 23.5 Å². The number of rotatable bonds is 12. The van der Waals surface area contributed by atoms with Crippen LogP contribution in [0.5, 0.6) is 0 Å². The monoisotopic (exact) mass is 636 g/mol. The van der Waals surface area contributed by atoms with Gasteiger partial charge in [-0.3, -0.25) is 14.4 Å². The Bertz CT molecular complexity index is 1680. The number of halogens is 3. The van der Waals surface area contributed by atoms with Crippen molar-refractivity contribution >= 4 is 11.9 Å². The van der Waals surface area contributed by atoms with Crippen molar-refractivity contribution in [2.45, 2.75) is 71.6 Å². The van der Waals surface area contributed by atoms with Crippen molar-refractivity contribution in [2.24, 2.45) is 5.92 Å². The van der Waals surface area contributed by atoms with Gasteiger partial charge >= 0.3 is 12.1 Å². The Morgan fingerprint density at radius 2 is 1.83 bits per heavy atom. The van der Waals surface area contributed by atoms with Gasteiger partial charge in [-0.15, -0.1) is 6.42 Å². The fourth-order valence-corrected chi connectivity index (χ4v) is 5.89. The van der Waals surface area contributed by atoms with Crippen LogP contribution in [0.15, 0.2) is 47.5 Å². The minimum Gasteiger partial charge on any atom is -0.481 e. The molecule has 0 unspecified atom stereocenters. The molecule has 244 valence electrons. The number of terminal acetylenes is 1. The van der Waals surface area contributed by atoms with E-state index in [1.54, 1.807) is 6.07 Å². The molecule has 1 fully saturated rings. The first-order chi connectivity index (χ1) is 21.7. The molecule has 1 saturated heterocycles. The van der Waals surface area contributed by atoms with E-state index in [2.05, 4.69) is 16.2 Å². The van der Waals surface area contributed by atoms with Crippen LogP contribution in [0.2, 0.25) is 0 Å². The molecule has 1 aromatic carbocycles. The number of benzene rings is 1. The third kappa shape index (κ3) is 8.04. The van der Waals surface area contributed by atoms with Gasteiger partial charge in [0.15, 0.2) is 0 Å². The zero-order valence-corrected chi connectivity index (χ0v) is 26.4. The fraction of sp³-hybridized carbons (Fsp3) is 0.429. The Kier molecular flexibility index (Phi) is 10.7. The molecule has 3 aromatic rings. The van der Waals surface area contributed by atoms with Gasteiger partial charge in [-0.25, -0.2) is 4.98 Å². The molecule has 11 heteroatoms. The quantitative estimate of drug-likeness (QED) is 0.248. The SMILES string of the molecule is C#Cc1ncc([C@H](CC(=O)O)NC(=O)[C@@H](CC(C)C)n2cc(CCN3CCC3)c(C(F)(F)F)cc2=O)cc1-c1c(C)cccc1C. The summed E-state index contributed by atoms with van der Waals surface area (Å²) in [5.74, 6) is 0.564. The number of aryl methyl sites for hydroxylation is 2. The van der Waals surface area contributed by atoms with E-state index in [0.29, 0.717) is 29.4 Å². The van der Waals surface area contributed by atoms with Crippen LogP contribution in [0.1, 0.15) is 78.7 Å². The highest BCUT2D eigenvalue weighted by Crippen LogP contribution is 2.34. The molecule has 0 radical (unpaired) electrons. The first-order valence-corrected chi connectivity index (χ1v) is 15.3. The molecule has 1 aliphatic heterocycles. The van der Waals surface area contributed by atoms with E-state index in [1.165, 1.54) is 6.20 Å². The second-order valence-corrected chi connectivity index (χ2v) is 12.3. The van der Waals surface area contributed by atoms with Gasteiger partial charge in [0.1, 0.15) is 11.7 Å². The highest BCUT2D eigenvalue weighted by Gasteiger charge is 2.36. The lowest BCUT2D eigenvalue weighted by Gasteiger charge is -2.31. The Morgan fingerprint density at radius 3 is 2.37 bits per heavy atom. The van der Waals surface area contributed by atoms with E-state index >= 15 is 0 Å². The predicted molar refractivity (Wildman–Crippen MR) is 169 cm³/mol. The smallest absolute Gasteiger partial charge is 0.416 e. The molecule has 0 bridgehead atoms. The number of hydrogen-bond donors (Lipinski definition) is 2. The van der Waals surface area contributed by atoms with Crippen molar-refractivity contribution in [3.63, 3.8) is 0 Å². The summed E-state index contributed by atoms with van der Waals surface area (Å²) in [6, 6.07) is 5.75. The number of nitrogens with zero attached hydrogens (tertiary/aromatic N) is 3. The lowest BCUT2D eigenvalue weighted by atomic mass is 9.92. The van der Waals surface area contributed by atoms with Gasteiger partial charge in [0.2, 0.25) is 5.91 Å². The zero-order chi connectivity index (χ0) is 33.8. The van der Waals surface area contributed by atoms with Crippen LogP contribution in [-0.2, 0) is 22.2 Å². The summed E-state index contributed by atoms with van der Waals surface area (Å²) < 4.78 is 43.0. The van der Waals surface area contributed by atoms with Gasteiger partial charge in [-0.2, -0.15) is 13.2 Å². The minimum absolute atomic E-state index is 0.0566. The van der Waals surface area contributed by atoms with E-state index in [1.807, 2.05) is 50.8 Å². The number of aliphatic carboxylic acids is 1. The molecule has 2 N–H and O–H groups in total. The number of carbonyl (C=O) groups is 2. The number of pyridine rings is 2. The summed E-state index contributed by atoms with van der Waals surface area (Å²) >= 11 is 0. The van der Waals surface area contributed by atoms with Crippen molar-refractivity contribution in [2.75, 3.05) is 19.6 Å². The summed E-state index contributed by atoms with van der Waals surface area (Å²) in [6.07, 6.45) is 4.23. The van der Waals surface area contributed by atoms with Crippen LogP contribution in [-0.4, -0.2) is 51.1 Å². The van der Waals surface area contributed by atoms with Crippen LogP contribution in [0, 0.1) is 32.1 Å². The molecule has 0 aliphatic carbocycles. The minimum atomic E-state index is -4.74. The van der Waals surface area contributed by atoms with Gasteiger partial charge in [0.25, 0.3) is 5.56 Å². The van der Waals surface area contributed by atoms with Crippen LogP contribution >= 0.6 is 0 Å². The average Bonchev–Trinajstić information content (AvgIpc) is 2.94. The topological polar surface area (TPSA) is 105 Å². The number of carboxylic acids is 1. The van der Waals surface area contributed by atoms with E-state index in [-0.39, 0.29) is 24.3 Å². The van der Waals surface area contributed by atoms with E-state index in [4.69, 9.17) is 6.42 Å². The predicted octanol–water partition coefficient (Wildman–Crippen LogP) is 5.69. The number of carbonyl (C=O) groups excluding carboxylic acids is 1. The van der Waals surface area contributed by atoms with Crippen LogP contribution in [0.25, 0.3) is 11.1 Å². The summed E-state index contributed by atoms with van der Waals surface area (Å²) in [5.41, 5.74) is 1.97. The third-order valence-electron chi connectivity index (χ3n) is 8.34. The number of alkyl halides is 3. The first kappa shape index (κ1) is 34.4. The Hall–Kier alpha value is -4.43. The Morgan fingerprint density at radius 1 is 1.15 bits per heavy atom. The standard InChI is InChI=1S/C35H39F3N4O4/c1-6-28-26(33-22(4)9-7-10-23(33)5)16-25(19-39-28)29(18-32(44)45)40-34(46)30(15-21(2)3)42-20-24(11-14-41-12-8-13-41)27(17-31(42)43)35(36,37)38/h1,7,9-10,16-17,19-21,29-30H,8,11-15,18H2,2-5H3,(H,40,46)(H,44,45)/t29-,30+/m0/s1. The van der Waals surface area contributed by atoms with E-state index in [9.17, 15) is 32.7 Å². The number of carboxylic acid groups (broad SMARTS) is 1. The van der Waals surface area contributed by atoms with Gasteiger partial charge < -0.3 is 19.9 Å². The van der Waals surface area contributed by atoms with Crippen molar-refractivity contribution in [1.82, 2.24) is 19.8 Å². The number of hydrogen-bond acceptors (Lipinski definition) is 5. The molecule has 8 nitrogen and oxygen atoms in total. The summed E-state index contributed by atoms with van der Waals surface area (Å²) in [4.78, 5) is 45.6. The molecule has 0 saturated carbocycles. The molecule has 3 heterocycles. The number of nitrogens with one attached hydrogen (secondary N) is 1. The average molecular weight is 637 g/mol. The van der Waals surface area contributed by atoms with E-state index in [0.717, 1.165) is 47.0 Å². The van der Waals surface area contributed by atoms with Crippen molar-refractivity contribution in [1.29, 1.82) is 0 Å². The third-order valence-corrected chi connectivity index (χ3v) is 8.34. The van der Waals surface area contributed by atoms with Crippen LogP contribution in [0.3, 0.4) is 0 Å². The normalized spacial score (nSPS) is 14.8. The highest BCUT2D eigenvalue weighted by molar-refractivity contribution is 5.82. The summed E-state index contributed by atoms with van der Waals surface area (Å²) in [5, 5.41) is 12.6. The number of likely N-dealkylation sites (tertiary alicyclic amines) is 1. The molecule has 1 amide bonds. The lowest BCUT2D eigenvalue weighted by molar-refractivity contribution is -0.139. The highest BCUT2D eigenvalue weighted by atomic mass is 19.4. The zero-order valence-electron chi connectivity index (χ0n) is 26.4. The molecule has 0 spiro atoms. The van der Waals surface area contributed by atoms with Gasteiger partial charge in [-0.05, 0) is 91.9 Å². The summed E-state index contributed by atoms with van der Waals surface area (Å²) in [7, 11) is 0. The van der Waals surface area contributed by atoms with Gasteiger partial charge in [0.05, 0.1) is 18.0 Å². The fourth-order valence-electron chi connectivity index (χ4n) is 5.89. The maximum Gasteiger partial charge on any atom is 0.416 e. The second kappa shape index (κ2) is 14.3. The molecule has 1 aliphatic rings. The maximum absolute atomic E-state index is 14.0. The van der Waals surface area contributed by atoms with Gasteiger partial charge in [-0.1, -0.05) is 32.0 Å². The van der Waals surface area contributed by atoms with Crippen molar-refractivity contribution in [3.05, 3.63) is 86.6 Å². The molecule has 4 rings (SSSR count). The molecule has 2 atom stereocenters. The van der Waals surface area contributed by atoms with E-state index < -0.39 is 47.7 Å². The molecule has 46 heavy (non-hydrogen) atoms. The largest absolute Gasteiger partial charge is 0.481 e. The number of aromatic nitrogens is 2. The maximum atomic E-state index is 14.0. The van der Waals surface area contributed by atoms with Gasteiger partial charge in [0, 0.05) is 30.6 Å². The lowest BCUT2D eigenvalue weighted by Crippen LogP contribution is -2.41. The molecular formula is C35H39F3N4O4. The van der Waals surface area contributed by atoms with Crippen LogP contribution in [0.4, 0.5) is 13.2 Å². The Labute approximate surface area is 266 Å². The van der Waals surface area contributed by atoms with Crippen LogP contribution < -0.4 is 10.9 Å².